The minimum atomic E-state index is 0.167. The molecule has 0 rings (SSSR count). The van der Waals surface area contributed by atoms with Crippen molar-refractivity contribution in [3.63, 3.8) is 0 Å². The lowest BCUT2D eigenvalue weighted by Gasteiger charge is -1.66. The first-order chi connectivity index (χ1) is 3.46. The minimum Gasteiger partial charge on any atom is -0.388 e. The third-order valence-corrected chi connectivity index (χ3v) is 0. The number of rotatable bonds is 0. The molecule has 0 aromatic rings. The van der Waals surface area contributed by atoms with Crippen molar-refractivity contribution >= 4 is 11.7 Å². The molecule has 7 N–H and O–H groups in total. The van der Waals surface area contributed by atoms with Crippen LogP contribution in [0.1, 0.15) is 13.8 Å². The maximum Gasteiger partial charge on any atom is 0.235 e. The lowest BCUT2D eigenvalue weighted by molar-refractivity contribution is -0.115. The third kappa shape index (κ3) is 68.3. The number of nitrogens with one attached hydrogen (secondary N) is 1. The molecule has 0 fully saturated rings. The lowest BCUT2D eigenvalue weighted by Crippen LogP contribution is -2.43. The highest BCUT2D eigenvalue weighted by atomic mass is 14.7. The van der Waals surface area contributed by atoms with Gasteiger partial charge in [0.2, 0.25) is 5.84 Å². The normalized spacial score (nSPS) is 6.25. The van der Waals surface area contributed by atoms with Crippen LogP contribution in [0.25, 0.3) is 0 Å². The van der Waals surface area contributed by atoms with Crippen LogP contribution in [-0.4, -0.2) is 11.7 Å². The molecule has 0 heterocycles. The van der Waals surface area contributed by atoms with Crippen molar-refractivity contribution in [3.05, 3.63) is 0 Å². The highest BCUT2D eigenvalue weighted by molar-refractivity contribution is 5.73. The fourth-order valence-electron chi connectivity index (χ4n) is 0. The zero-order chi connectivity index (χ0) is 7.15. The summed E-state index contributed by atoms with van der Waals surface area (Å²) in [5.74, 6) is 0.583. The Bertz CT molecular complexity index is 66.0. The van der Waals surface area contributed by atoms with E-state index < -0.39 is 0 Å². The van der Waals surface area contributed by atoms with Crippen LogP contribution in [0, 0.1) is 5.41 Å². The molecular weight excluding hydrogens is 104 g/mol. The van der Waals surface area contributed by atoms with Gasteiger partial charge in [0.15, 0.2) is 0 Å². The fourth-order valence-corrected chi connectivity index (χ4v) is 0. The van der Waals surface area contributed by atoms with Crippen LogP contribution >= 0.6 is 0 Å². The Balaban J connectivity index is 0. The SMILES string of the molecule is CC(=N)N.CC(N)=[NH2+]. The van der Waals surface area contributed by atoms with Crippen LogP contribution in [0.2, 0.25) is 0 Å². The average molecular weight is 117 g/mol. The molecule has 0 aromatic carbocycles. The Kier molecular flexibility index (Phi) is 7.45. The molecule has 0 aromatic heterocycles. The molecule has 48 valence electrons. The quantitative estimate of drug-likeness (QED) is 0.219. The van der Waals surface area contributed by atoms with Crippen LogP contribution in [0.4, 0.5) is 0 Å². The highest BCUT2D eigenvalue weighted by Crippen LogP contribution is 1.36. The summed E-state index contributed by atoms with van der Waals surface area (Å²) in [5, 5.41) is 11.1. The monoisotopic (exact) mass is 117 g/mol. The molecule has 0 radical (unpaired) electrons. The van der Waals surface area contributed by atoms with E-state index >= 15 is 0 Å². The van der Waals surface area contributed by atoms with Crippen LogP contribution in [-0.2, 0) is 0 Å². The number of amidine groups is 2. The Labute approximate surface area is 48.9 Å². The number of hydrogen-bond donors (Lipinski definition) is 4. The molecule has 0 atom stereocenters. The van der Waals surface area contributed by atoms with Crippen LogP contribution < -0.4 is 16.9 Å². The summed E-state index contributed by atoms with van der Waals surface area (Å²) in [6.45, 7) is 3.17. The molecule has 0 aliphatic rings. The number of hydrogen-bond acceptors (Lipinski definition) is 1. The molecule has 0 aliphatic heterocycles. The van der Waals surface area contributed by atoms with Gasteiger partial charge in [0.25, 0.3) is 0 Å². The van der Waals surface area contributed by atoms with Crippen molar-refractivity contribution in [1.82, 2.24) is 0 Å². The first-order valence-corrected chi connectivity index (χ1v) is 2.12. The summed E-state index contributed by atoms with van der Waals surface area (Å²) in [6, 6.07) is 0. The van der Waals surface area contributed by atoms with Gasteiger partial charge in [-0.25, -0.2) is 0 Å². The van der Waals surface area contributed by atoms with E-state index in [1.54, 1.807) is 6.92 Å². The van der Waals surface area contributed by atoms with Crippen LogP contribution in [0.5, 0.6) is 0 Å². The summed E-state index contributed by atoms with van der Waals surface area (Å²) in [7, 11) is 0. The van der Waals surface area contributed by atoms with Crippen molar-refractivity contribution < 1.29 is 5.41 Å². The predicted molar refractivity (Wildman–Crippen MR) is 34.4 cm³/mol. The Morgan fingerprint density at radius 3 is 1.38 bits per heavy atom. The second-order valence-corrected chi connectivity index (χ2v) is 1.43. The summed E-state index contributed by atoms with van der Waals surface area (Å²) in [6.07, 6.45) is 0. The first kappa shape index (κ1) is 10.0. The van der Waals surface area contributed by atoms with Crippen molar-refractivity contribution in [2.24, 2.45) is 11.5 Å². The second kappa shape index (κ2) is 5.94. The zero-order valence-electron chi connectivity index (χ0n) is 5.23. The van der Waals surface area contributed by atoms with Gasteiger partial charge in [-0.3, -0.25) is 16.6 Å². The standard InChI is InChI=1S/2C2H6N2/c2*1-2(3)4/h2*1H3,(H3,3,4)/p+1. The van der Waals surface area contributed by atoms with Gasteiger partial charge < -0.3 is 5.73 Å². The summed E-state index contributed by atoms with van der Waals surface area (Å²) < 4.78 is 0. The lowest BCUT2D eigenvalue weighted by atomic mass is 10.8. The second-order valence-electron chi connectivity index (χ2n) is 1.43. The fraction of sp³-hybridized carbons (Fsp3) is 0.500. The van der Waals surface area contributed by atoms with E-state index in [0.29, 0.717) is 5.84 Å². The van der Waals surface area contributed by atoms with Gasteiger partial charge in [0, 0.05) is 6.92 Å². The van der Waals surface area contributed by atoms with Gasteiger partial charge >= 0.3 is 0 Å². The van der Waals surface area contributed by atoms with E-state index in [0.717, 1.165) is 0 Å². The van der Waals surface area contributed by atoms with E-state index in [1.807, 2.05) is 0 Å². The first-order valence-electron chi connectivity index (χ1n) is 2.12. The Morgan fingerprint density at radius 1 is 1.38 bits per heavy atom. The van der Waals surface area contributed by atoms with E-state index in [1.165, 1.54) is 6.92 Å². The maximum atomic E-state index is 6.28. The van der Waals surface area contributed by atoms with Crippen molar-refractivity contribution in [1.29, 1.82) is 5.41 Å². The third-order valence-electron chi connectivity index (χ3n) is 0. The molecule has 0 saturated heterocycles. The summed E-state index contributed by atoms with van der Waals surface area (Å²) >= 11 is 0. The van der Waals surface area contributed by atoms with E-state index in [-0.39, 0.29) is 5.84 Å². The molecule has 4 heteroatoms. The molecule has 0 bridgehead atoms. The van der Waals surface area contributed by atoms with Crippen molar-refractivity contribution in [2.75, 3.05) is 0 Å². The minimum absolute atomic E-state index is 0.167. The smallest absolute Gasteiger partial charge is 0.235 e. The Morgan fingerprint density at radius 2 is 1.38 bits per heavy atom. The molecule has 0 saturated carbocycles. The molecule has 8 heavy (non-hydrogen) atoms. The van der Waals surface area contributed by atoms with E-state index in [4.69, 9.17) is 22.3 Å². The van der Waals surface area contributed by atoms with Gasteiger partial charge in [-0.2, -0.15) is 0 Å². The summed E-state index contributed by atoms with van der Waals surface area (Å²) in [4.78, 5) is 0. The zero-order valence-corrected chi connectivity index (χ0v) is 5.23. The molecule has 0 aliphatic carbocycles. The van der Waals surface area contributed by atoms with E-state index in [2.05, 4.69) is 0 Å². The van der Waals surface area contributed by atoms with Crippen LogP contribution in [0.3, 0.4) is 0 Å². The largest absolute Gasteiger partial charge is 0.388 e. The van der Waals surface area contributed by atoms with Crippen molar-refractivity contribution in [3.8, 4) is 0 Å². The average Bonchev–Trinajstić information content (AvgIpc) is 1.25. The van der Waals surface area contributed by atoms with Gasteiger partial charge in [-0.15, -0.1) is 0 Å². The molecule has 4 nitrogen and oxygen atoms in total. The van der Waals surface area contributed by atoms with Crippen molar-refractivity contribution in [2.45, 2.75) is 13.8 Å². The summed E-state index contributed by atoms with van der Waals surface area (Å²) in [5.41, 5.74) is 9.50. The van der Waals surface area contributed by atoms with E-state index in [9.17, 15) is 0 Å². The molecule has 0 amide bonds. The Hall–Kier alpha value is -1.06. The van der Waals surface area contributed by atoms with Gasteiger partial charge in [0.05, 0.1) is 5.84 Å². The number of nitrogens with two attached hydrogens (primary N) is 3. The molecular formula is C4H13N4+. The topological polar surface area (TPSA) is 101 Å². The van der Waals surface area contributed by atoms with Crippen LogP contribution in [0.15, 0.2) is 0 Å². The van der Waals surface area contributed by atoms with Gasteiger partial charge in [-0.05, 0) is 6.92 Å². The van der Waals surface area contributed by atoms with Gasteiger partial charge in [0.1, 0.15) is 0 Å². The highest BCUT2D eigenvalue weighted by Gasteiger charge is 1.64. The van der Waals surface area contributed by atoms with Gasteiger partial charge in [-0.1, -0.05) is 0 Å². The maximum absolute atomic E-state index is 6.28. The molecule has 0 spiro atoms. The predicted octanol–water partition coefficient (Wildman–Crippen LogP) is -1.94. The molecule has 0 unspecified atom stereocenters.